The van der Waals surface area contributed by atoms with Crippen molar-refractivity contribution in [3.63, 3.8) is 0 Å². The van der Waals surface area contributed by atoms with Gasteiger partial charge in [-0.2, -0.15) is 0 Å². The van der Waals surface area contributed by atoms with Gasteiger partial charge in [0.1, 0.15) is 23.9 Å². The third-order valence-electron chi connectivity index (χ3n) is 6.64. The summed E-state index contributed by atoms with van der Waals surface area (Å²) in [6.07, 6.45) is 15.0. The van der Waals surface area contributed by atoms with Crippen LogP contribution in [0.25, 0.3) is 0 Å². The van der Waals surface area contributed by atoms with Crippen molar-refractivity contribution < 1.29 is 20.1 Å². The molecule has 0 aromatic carbocycles. The largest absolute Gasteiger partial charge is 0.394 e. The van der Waals surface area contributed by atoms with Crippen LogP contribution in [0.5, 0.6) is 0 Å². The van der Waals surface area contributed by atoms with Crippen LogP contribution < -0.4 is 11.2 Å². The molecular weight excluding hydrogens is 448 g/mol. The van der Waals surface area contributed by atoms with Gasteiger partial charge in [0, 0.05) is 12.6 Å². The molecule has 1 aromatic heterocycles. The first-order valence-electron chi connectivity index (χ1n) is 13.5. The van der Waals surface area contributed by atoms with Gasteiger partial charge in [-0.3, -0.25) is 14.3 Å². The molecule has 1 fully saturated rings. The van der Waals surface area contributed by atoms with Crippen LogP contribution in [-0.4, -0.2) is 49.8 Å². The molecule has 0 saturated carbocycles. The monoisotopic (exact) mass is 492 g/mol. The Hall–Kier alpha value is -1.92. The van der Waals surface area contributed by atoms with E-state index >= 15 is 0 Å². The lowest BCUT2D eigenvalue weighted by molar-refractivity contribution is -0.0550. The maximum atomic E-state index is 12.2. The molecule has 2 rings (SSSR count). The zero-order valence-electron chi connectivity index (χ0n) is 21.2. The third kappa shape index (κ3) is 9.92. The van der Waals surface area contributed by atoms with E-state index in [0.29, 0.717) is 6.42 Å². The molecule has 1 saturated heterocycles. The Morgan fingerprint density at radius 2 is 1.43 bits per heavy atom. The van der Waals surface area contributed by atoms with Crippen molar-refractivity contribution in [3.8, 4) is 11.8 Å². The molecule has 0 bridgehead atoms. The van der Waals surface area contributed by atoms with E-state index in [-0.39, 0.29) is 5.56 Å². The molecule has 0 spiro atoms. The molecule has 8 heteroatoms. The van der Waals surface area contributed by atoms with Gasteiger partial charge in [0.05, 0.1) is 6.61 Å². The van der Waals surface area contributed by atoms with Crippen molar-refractivity contribution in [2.45, 2.75) is 128 Å². The second kappa shape index (κ2) is 16.7. The average molecular weight is 493 g/mol. The molecule has 0 amide bonds. The van der Waals surface area contributed by atoms with Gasteiger partial charge in [0.15, 0.2) is 6.23 Å². The number of hydrogen-bond donors (Lipinski definition) is 4. The van der Waals surface area contributed by atoms with Crippen molar-refractivity contribution in [3.05, 3.63) is 32.6 Å². The molecule has 198 valence electrons. The normalized spacial score (nSPS) is 21.7. The summed E-state index contributed by atoms with van der Waals surface area (Å²) >= 11 is 0. The number of aliphatic hydroxyl groups excluding tert-OH is 3. The number of aliphatic hydroxyl groups is 3. The summed E-state index contributed by atoms with van der Waals surface area (Å²) in [4.78, 5) is 26.4. The van der Waals surface area contributed by atoms with Crippen molar-refractivity contribution in [1.29, 1.82) is 0 Å². The highest BCUT2D eigenvalue weighted by molar-refractivity contribution is 5.29. The Balaban J connectivity index is 1.64. The smallest absolute Gasteiger partial charge is 0.330 e. The predicted octanol–water partition coefficient (Wildman–Crippen LogP) is 3.37. The average Bonchev–Trinajstić information content (AvgIpc) is 3.13. The van der Waals surface area contributed by atoms with E-state index in [9.17, 15) is 24.9 Å². The lowest BCUT2D eigenvalue weighted by atomic mass is 10.0. The molecule has 35 heavy (non-hydrogen) atoms. The lowest BCUT2D eigenvalue weighted by Gasteiger charge is -2.17. The molecule has 1 aromatic rings. The summed E-state index contributed by atoms with van der Waals surface area (Å²) in [5, 5.41) is 29.3. The highest BCUT2D eigenvalue weighted by Crippen LogP contribution is 2.27. The van der Waals surface area contributed by atoms with Crippen LogP contribution in [0.1, 0.15) is 115 Å². The highest BCUT2D eigenvalue weighted by atomic mass is 16.6. The molecule has 0 radical (unpaired) electrons. The van der Waals surface area contributed by atoms with Crippen molar-refractivity contribution in [2.75, 3.05) is 6.61 Å². The Bertz CT molecular complexity index is 899. The number of aromatic nitrogens is 2. The lowest BCUT2D eigenvalue weighted by Crippen LogP contribution is -2.38. The zero-order valence-corrected chi connectivity index (χ0v) is 21.2. The Morgan fingerprint density at radius 1 is 0.886 bits per heavy atom. The summed E-state index contributed by atoms with van der Waals surface area (Å²) in [5.74, 6) is 5.78. The minimum absolute atomic E-state index is 0.0905. The summed E-state index contributed by atoms with van der Waals surface area (Å²) in [6.45, 7) is 1.75. The zero-order chi connectivity index (χ0) is 25.5. The van der Waals surface area contributed by atoms with E-state index in [1.54, 1.807) is 0 Å². The van der Waals surface area contributed by atoms with Crippen LogP contribution >= 0.6 is 0 Å². The SMILES string of the molecule is CCCCCCCCCCCCCCCCC#Cc1cn([C@@H]2O[C@H](CO)[C@@H](O)[C@H]2O)c(=O)[nH]c1=O. The van der Waals surface area contributed by atoms with Crippen LogP contribution in [0.3, 0.4) is 0 Å². The van der Waals surface area contributed by atoms with Crippen LogP contribution in [-0.2, 0) is 4.74 Å². The maximum absolute atomic E-state index is 12.2. The highest BCUT2D eigenvalue weighted by Gasteiger charge is 2.43. The van der Waals surface area contributed by atoms with E-state index in [4.69, 9.17) is 4.74 Å². The van der Waals surface area contributed by atoms with Gasteiger partial charge in [0.2, 0.25) is 0 Å². The molecule has 2 heterocycles. The molecule has 0 unspecified atom stereocenters. The molecular formula is C27H44N2O6. The van der Waals surface area contributed by atoms with Gasteiger partial charge in [-0.15, -0.1) is 0 Å². The number of hydrogen-bond acceptors (Lipinski definition) is 6. The summed E-state index contributed by atoms with van der Waals surface area (Å²) in [6, 6.07) is 0. The first kappa shape index (κ1) is 29.3. The first-order chi connectivity index (χ1) is 17.0. The quantitative estimate of drug-likeness (QED) is 0.207. The number of rotatable bonds is 16. The van der Waals surface area contributed by atoms with Gasteiger partial charge >= 0.3 is 5.69 Å². The van der Waals surface area contributed by atoms with Crippen LogP contribution in [0.4, 0.5) is 0 Å². The second-order valence-corrected chi connectivity index (χ2v) is 9.59. The minimum Gasteiger partial charge on any atom is -0.394 e. The molecule has 8 nitrogen and oxygen atoms in total. The van der Waals surface area contributed by atoms with Gasteiger partial charge in [-0.1, -0.05) is 102 Å². The fourth-order valence-corrected chi connectivity index (χ4v) is 4.44. The second-order valence-electron chi connectivity index (χ2n) is 9.59. The van der Waals surface area contributed by atoms with Crippen molar-refractivity contribution >= 4 is 0 Å². The summed E-state index contributed by atoms with van der Waals surface area (Å²) < 4.78 is 6.38. The molecule has 4 atom stereocenters. The van der Waals surface area contributed by atoms with Gasteiger partial charge in [-0.25, -0.2) is 4.79 Å². The molecule has 1 aliphatic heterocycles. The van der Waals surface area contributed by atoms with Gasteiger partial charge in [-0.05, 0) is 6.42 Å². The van der Waals surface area contributed by atoms with Crippen molar-refractivity contribution in [2.24, 2.45) is 0 Å². The Labute approximate surface area is 208 Å². The number of nitrogens with one attached hydrogen (secondary N) is 1. The van der Waals surface area contributed by atoms with E-state index in [1.807, 2.05) is 0 Å². The van der Waals surface area contributed by atoms with E-state index in [1.165, 1.54) is 83.2 Å². The summed E-state index contributed by atoms with van der Waals surface area (Å²) in [7, 11) is 0. The summed E-state index contributed by atoms with van der Waals surface area (Å²) in [5.41, 5.74) is -1.29. The third-order valence-corrected chi connectivity index (χ3v) is 6.64. The molecule has 0 aliphatic carbocycles. The molecule has 1 aliphatic rings. The van der Waals surface area contributed by atoms with Crippen molar-refractivity contribution in [1.82, 2.24) is 9.55 Å². The van der Waals surface area contributed by atoms with Crippen LogP contribution in [0.15, 0.2) is 15.8 Å². The number of aromatic amines is 1. The number of unbranched alkanes of at least 4 members (excludes halogenated alkanes) is 14. The fraction of sp³-hybridized carbons (Fsp3) is 0.778. The molecule has 4 N–H and O–H groups in total. The topological polar surface area (TPSA) is 125 Å². The van der Waals surface area contributed by atoms with E-state index in [0.717, 1.165) is 17.4 Å². The number of H-pyrrole nitrogens is 1. The van der Waals surface area contributed by atoms with Gasteiger partial charge in [0.25, 0.3) is 5.56 Å². The predicted molar refractivity (Wildman–Crippen MR) is 136 cm³/mol. The van der Waals surface area contributed by atoms with E-state index < -0.39 is 42.4 Å². The van der Waals surface area contributed by atoms with Gasteiger partial charge < -0.3 is 20.1 Å². The number of nitrogens with zero attached hydrogens (tertiary/aromatic N) is 1. The Kier molecular flexibility index (Phi) is 14.0. The first-order valence-corrected chi connectivity index (χ1v) is 13.5. The van der Waals surface area contributed by atoms with Crippen LogP contribution in [0.2, 0.25) is 0 Å². The fourth-order valence-electron chi connectivity index (χ4n) is 4.44. The standard InChI is InChI=1S/C27H44N2O6/c1-2-3-4-5-6-7-8-9-10-11-12-13-14-15-16-17-18-21-19-29(27(34)28-25(21)33)26-24(32)23(31)22(20-30)35-26/h19,22-24,26,30-32H,2-16,20H2,1H3,(H,28,33,34)/t22-,23-,24-,26-/m1/s1. The number of ether oxygens (including phenoxy) is 1. The van der Waals surface area contributed by atoms with Crippen LogP contribution in [0, 0.1) is 11.8 Å². The minimum atomic E-state index is -1.41. The Morgan fingerprint density at radius 3 is 1.94 bits per heavy atom. The van der Waals surface area contributed by atoms with E-state index in [2.05, 4.69) is 23.7 Å². The maximum Gasteiger partial charge on any atom is 0.330 e.